The Hall–Kier alpha value is -1.82. The molecule has 1 aromatic rings. The molecule has 0 atom stereocenters. The van der Waals surface area contributed by atoms with Crippen LogP contribution in [0.4, 0.5) is 4.79 Å². The Morgan fingerprint density at radius 1 is 1.31 bits per heavy atom. The van der Waals surface area contributed by atoms with Gasteiger partial charge in [-0.25, -0.2) is 9.59 Å². The van der Waals surface area contributed by atoms with Crippen molar-refractivity contribution in [2.75, 3.05) is 13.1 Å². The molecule has 1 saturated heterocycles. The van der Waals surface area contributed by atoms with Crippen molar-refractivity contribution < 1.29 is 19.1 Å². The minimum absolute atomic E-state index is 0.345. The highest BCUT2D eigenvalue weighted by molar-refractivity contribution is 6.31. The molecule has 6 nitrogen and oxygen atoms in total. The van der Waals surface area contributed by atoms with Crippen LogP contribution in [0.5, 0.6) is 0 Å². The van der Waals surface area contributed by atoms with Crippen LogP contribution in [0.3, 0.4) is 0 Å². The van der Waals surface area contributed by atoms with Gasteiger partial charge >= 0.3 is 12.1 Å². The van der Waals surface area contributed by atoms with Crippen LogP contribution >= 0.6 is 11.6 Å². The van der Waals surface area contributed by atoms with Gasteiger partial charge in [-0.1, -0.05) is 25.4 Å². The molecule has 0 bridgehead atoms. The second-order valence-electron chi connectivity index (χ2n) is 7.30. The van der Waals surface area contributed by atoms with Gasteiger partial charge in [0, 0.05) is 25.9 Å². The smallest absolute Gasteiger partial charge is 0.410 e. The second-order valence-corrected chi connectivity index (χ2v) is 7.71. The number of hydrogen-bond acceptors (Lipinski definition) is 5. The van der Waals surface area contributed by atoms with E-state index in [1.54, 1.807) is 17.9 Å². The zero-order valence-electron chi connectivity index (χ0n) is 16.3. The molecule has 26 heavy (non-hydrogen) atoms. The molecule has 0 aliphatic carbocycles. The average molecular weight is 383 g/mol. The first-order valence-electron chi connectivity index (χ1n) is 9.00. The standard InChI is InChI=1S/C17H21ClN2O4.C2H6/c1-10-12(18)9-11-13(19-10)17(23-14(11)21)5-7-20(8-6-17)15(22)24-16(2,3)4;1-2/h9H,5-8H2,1-4H3;1-2H3. The van der Waals surface area contributed by atoms with Crippen molar-refractivity contribution in [1.29, 1.82) is 0 Å². The number of fused-ring (bicyclic) bond motifs is 2. The number of likely N-dealkylation sites (tertiary alicyclic amines) is 1. The number of halogens is 1. The lowest BCUT2D eigenvalue weighted by molar-refractivity contribution is -0.0487. The van der Waals surface area contributed by atoms with E-state index in [0.717, 1.165) is 0 Å². The molecular weight excluding hydrogens is 356 g/mol. The van der Waals surface area contributed by atoms with E-state index in [1.165, 1.54) is 0 Å². The topological polar surface area (TPSA) is 68.7 Å². The number of rotatable bonds is 0. The van der Waals surface area contributed by atoms with Crippen LogP contribution in [-0.4, -0.2) is 40.6 Å². The molecule has 1 amide bonds. The predicted molar refractivity (Wildman–Crippen MR) is 99.5 cm³/mol. The summed E-state index contributed by atoms with van der Waals surface area (Å²) in [7, 11) is 0. The highest BCUT2D eigenvalue weighted by Crippen LogP contribution is 2.44. The highest BCUT2D eigenvalue weighted by Gasteiger charge is 2.50. The summed E-state index contributed by atoms with van der Waals surface area (Å²) in [6.07, 6.45) is 0.653. The summed E-state index contributed by atoms with van der Waals surface area (Å²) in [6, 6.07) is 1.62. The lowest BCUT2D eigenvalue weighted by Gasteiger charge is -2.38. The van der Waals surface area contributed by atoms with E-state index in [1.807, 2.05) is 34.6 Å². The summed E-state index contributed by atoms with van der Waals surface area (Å²) in [5.74, 6) is -0.398. The third kappa shape index (κ3) is 3.95. The molecule has 3 rings (SSSR count). The number of carbonyl (C=O) groups excluding carboxylic acids is 2. The van der Waals surface area contributed by atoms with Crippen molar-refractivity contribution in [2.45, 2.75) is 65.6 Å². The quantitative estimate of drug-likeness (QED) is 0.619. The van der Waals surface area contributed by atoms with E-state index in [2.05, 4.69) is 4.98 Å². The predicted octanol–water partition coefficient (Wildman–Crippen LogP) is 4.47. The number of aromatic nitrogens is 1. The van der Waals surface area contributed by atoms with E-state index in [-0.39, 0.29) is 6.09 Å². The number of carbonyl (C=O) groups is 2. The SMILES string of the molecule is CC.Cc1nc2c(cc1Cl)C(=O)OC21CCN(C(=O)OC(C)(C)C)CC1. The summed E-state index contributed by atoms with van der Waals surface area (Å²) in [6.45, 7) is 12.2. The Morgan fingerprint density at radius 3 is 2.42 bits per heavy atom. The first-order valence-corrected chi connectivity index (χ1v) is 9.38. The van der Waals surface area contributed by atoms with Gasteiger partial charge in [-0.3, -0.25) is 4.98 Å². The second kappa shape index (κ2) is 7.43. The molecule has 1 aromatic heterocycles. The van der Waals surface area contributed by atoms with Gasteiger partial charge in [0.2, 0.25) is 0 Å². The van der Waals surface area contributed by atoms with Gasteiger partial charge in [-0.05, 0) is 33.8 Å². The van der Waals surface area contributed by atoms with Gasteiger partial charge in [-0.15, -0.1) is 0 Å². The number of aryl methyl sites for hydroxylation is 1. The van der Waals surface area contributed by atoms with Crippen LogP contribution in [0.15, 0.2) is 6.07 Å². The number of ether oxygens (including phenoxy) is 2. The van der Waals surface area contributed by atoms with Crippen LogP contribution in [0.25, 0.3) is 0 Å². The highest BCUT2D eigenvalue weighted by atomic mass is 35.5. The normalized spacial score (nSPS) is 18.0. The van der Waals surface area contributed by atoms with Gasteiger partial charge in [0.15, 0.2) is 5.60 Å². The summed E-state index contributed by atoms with van der Waals surface area (Å²) >= 11 is 6.07. The maximum absolute atomic E-state index is 12.2. The van der Waals surface area contributed by atoms with Crippen molar-refractivity contribution in [1.82, 2.24) is 9.88 Å². The monoisotopic (exact) mass is 382 g/mol. The molecular formula is C19H27ClN2O4. The first-order chi connectivity index (χ1) is 12.1. The molecule has 1 spiro atoms. The zero-order valence-corrected chi connectivity index (χ0v) is 17.1. The van der Waals surface area contributed by atoms with Crippen molar-refractivity contribution in [3.05, 3.63) is 28.0 Å². The van der Waals surface area contributed by atoms with E-state index >= 15 is 0 Å². The number of hydrogen-bond donors (Lipinski definition) is 0. The summed E-state index contributed by atoms with van der Waals surface area (Å²) in [4.78, 5) is 30.5. The van der Waals surface area contributed by atoms with Gasteiger partial charge in [0.05, 0.1) is 22.0 Å². The molecule has 7 heteroatoms. The molecule has 0 N–H and O–H groups in total. The molecule has 0 unspecified atom stereocenters. The molecule has 144 valence electrons. The maximum atomic E-state index is 12.2. The Bertz CT molecular complexity index is 704. The number of piperidine rings is 1. The largest absolute Gasteiger partial charge is 0.449 e. The van der Waals surface area contributed by atoms with Crippen molar-refractivity contribution in [3.63, 3.8) is 0 Å². The van der Waals surface area contributed by atoms with Crippen LogP contribution < -0.4 is 0 Å². The third-order valence-electron chi connectivity index (χ3n) is 4.31. The van der Waals surface area contributed by atoms with Crippen LogP contribution in [0.1, 0.15) is 69.2 Å². The lowest BCUT2D eigenvalue weighted by Crippen LogP contribution is -2.47. The Balaban J connectivity index is 0.00000117. The summed E-state index contributed by atoms with van der Waals surface area (Å²) in [5.41, 5.74) is 0.436. The molecule has 1 fully saturated rings. The maximum Gasteiger partial charge on any atom is 0.410 e. The van der Waals surface area contributed by atoms with E-state index in [4.69, 9.17) is 21.1 Å². The fraction of sp³-hybridized carbons (Fsp3) is 0.632. The zero-order chi connectivity index (χ0) is 19.7. The van der Waals surface area contributed by atoms with Crippen LogP contribution in [-0.2, 0) is 15.1 Å². The Kier molecular flexibility index (Phi) is 5.85. The van der Waals surface area contributed by atoms with Crippen molar-refractivity contribution in [3.8, 4) is 0 Å². The van der Waals surface area contributed by atoms with Gasteiger partial charge in [0.25, 0.3) is 0 Å². The summed E-state index contributed by atoms with van der Waals surface area (Å²) < 4.78 is 11.1. The number of pyridine rings is 1. The minimum atomic E-state index is -0.764. The molecule has 2 aliphatic rings. The molecule has 0 aromatic carbocycles. The van der Waals surface area contributed by atoms with Crippen LogP contribution in [0, 0.1) is 6.92 Å². The molecule has 0 radical (unpaired) electrons. The van der Waals surface area contributed by atoms with Crippen LogP contribution in [0.2, 0.25) is 5.02 Å². The minimum Gasteiger partial charge on any atom is -0.449 e. The Labute approximate surface area is 159 Å². The average Bonchev–Trinajstić information content (AvgIpc) is 2.81. The van der Waals surface area contributed by atoms with Crippen molar-refractivity contribution in [2.24, 2.45) is 0 Å². The summed E-state index contributed by atoms with van der Waals surface area (Å²) in [5, 5.41) is 0.453. The first kappa shape index (κ1) is 20.5. The third-order valence-corrected chi connectivity index (χ3v) is 4.70. The number of amides is 1. The van der Waals surface area contributed by atoms with Gasteiger partial charge in [-0.2, -0.15) is 0 Å². The van der Waals surface area contributed by atoms with Gasteiger partial charge in [0.1, 0.15) is 5.60 Å². The van der Waals surface area contributed by atoms with E-state index in [9.17, 15) is 9.59 Å². The fourth-order valence-corrected chi connectivity index (χ4v) is 3.23. The molecule has 0 saturated carbocycles. The Morgan fingerprint density at radius 2 is 1.88 bits per heavy atom. The van der Waals surface area contributed by atoms with E-state index in [0.29, 0.717) is 47.9 Å². The molecule has 2 aliphatic heterocycles. The molecule has 3 heterocycles. The van der Waals surface area contributed by atoms with Gasteiger partial charge < -0.3 is 14.4 Å². The number of nitrogens with zero attached hydrogens (tertiary/aromatic N) is 2. The van der Waals surface area contributed by atoms with E-state index < -0.39 is 17.2 Å². The van der Waals surface area contributed by atoms with Crippen molar-refractivity contribution >= 4 is 23.7 Å². The lowest BCUT2D eigenvalue weighted by atomic mass is 9.87. The number of esters is 1. The fourth-order valence-electron chi connectivity index (χ4n) is 3.08.